The third-order valence-corrected chi connectivity index (χ3v) is 7.47. The molecule has 0 amide bonds. The molecule has 1 atom stereocenters. The van der Waals surface area contributed by atoms with Crippen LogP contribution in [0, 0.1) is 11.3 Å². The fraction of sp³-hybridized carbons (Fsp3) is 0.0400. The van der Waals surface area contributed by atoms with Gasteiger partial charge in [0.15, 0.2) is 0 Å². The van der Waals surface area contributed by atoms with Gasteiger partial charge in [0, 0.05) is 31.8 Å². The largest absolute Gasteiger partial charge is 0.440 e. The molecule has 0 spiro atoms. The highest BCUT2D eigenvalue weighted by molar-refractivity contribution is 7.21. The summed E-state index contributed by atoms with van der Waals surface area (Å²) in [5, 5.41) is 11.8. The molecule has 1 aliphatic heterocycles. The summed E-state index contributed by atoms with van der Waals surface area (Å²) in [6.45, 7) is 0. The summed E-state index contributed by atoms with van der Waals surface area (Å²) in [7, 11) is 0. The molecule has 9 heteroatoms. The van der Waals surface area contributed by atoms with Gasteiger partial charge in [-0.2, -0.15) is 5.26 Å². The molecule has 0 radical (unpaired) electrons. The second kappa shape index (κ2) is 8.86. The highest BCUT2D eigenvalue weighted by atomic mass is 35.5. The minimum Gasteiger partial charge on any atom is -0.440 e. The van der Waals surface area contributed by atoms with Gasteiger partial charge >= 0.3 is 5.97 Å². The molecule has 0 bridgehead atoms. The van der Waals surface area contributed by atoms with Crippen LogP contribution in [0.5, 0.6) is 11.5 Å². The van der Waals surface area contributed by atoms with Crippen molar-refractivity contribution in [3.63, 3.8) is 0 Å². The van der Waals surface area contributed by atoms with E-state index < -0.39 is 11.9 Å². The van der Waals surface area contributed by atoms with Crippen molar-refractivity contribution in [3.05, 3.63) is 103 Å². The molecule has 168 valence electrons. The van der Waals surface area contributed by atoms with Crippen molar-refractivity contribution < 1.29 is 14.3 Å². The predicted octanol–water partition coefficient (Wildman–Crippen LogP) is 7.30. The van der Waals surface area contributed by atoms with E-state index in [0.717, 1.165) is 15.6 Å². The van der Waals surface area contributed by atoms with Crippen LogP contribution in [0.25, 0.3) is 10.1 Å². The Bertz CT molecular complexity index is 1560. The maximum Gasteiger partial charge on any atom is 0.355 e. The summed E-state index contributed by atoms with van der Waals surface area (Å²) in [6, 6.07) is 19.5. The van der Waals surface area contributed by atoms with E-state index in [-0.39, 0.29) is 22.1 Å². The fourth-order valence-electron chi connectivity index (χ4n) is 3.85. The number of nitrogens with zero attached hydrogens (tertiary/aromatic N) is 1. The zero-order valence-electron chi connectivity index (χ0n) is 17.1. The number of halogens is 3. The summed E-state index contributed by atoms with van der Waals surface area (Å²) in [4.78, 5) is 13.1. The predicted molar refractivity (Wildman–Crippen MR) is 134 cm³/mol. The first-order chi connectivity index (χ1) is 16.4. The number of carbonyl (C=O) groups is 1. The van der Waals surface area contributed by atoms with E-state index in [1.54, 1.807) is 54.6 Å². The van der Waals surface area contributed by atoms with Crippen LogP contribution in [0.3, 0.4) is 0 Å². The molecule has 2 heterocycles. The standard InChI is InChI=1S/C25H13Cl3N2O3S/c26-13-3-1-2-12(8-13)21-16-7-5-15(10-19(16)33-24(30)18(21)11-29)32-25(31)23-22(28)17-6-4-14(27)9-20(17)34-23/h1-10,21H,30H2. The number of thiophene rings is 1. The van der Waals surface area contributed by atoms with Crippen molar-refractivity contribution in [1.29, 1.82) is 5.26 Å². The second-order valence-electron chi connectivity index (χ2n) is 7.45. The number of hydrogen-bond donors (Lipinski definition) is 1. The zero-order chi connectivity index (χ0) is 24.0. The van der Waals surface area contributed by atoms with Crippen molar-refractivity contribution in [2.45, 2.75) is 5.92 Å². The van der Waals surface area contributed by atoms with Crippen LogP contribution in [-0.2, 0) is 0 Å². The Morgan fingerprint density at radius 2 is 1.85 bits per heavy atom. The molecule has 0 fully saturated rings. The van der Waals surface area contributed by atoms with Crippen LogP contribution in [-0.4, -0.2) is 5.97 Å². The lowest BCUT2D eigenvalue weighted by atomic mass is 9.83. The maximum absolute atomic E-state index is 12.9. The first-order valence-electron chi connectivity index (χ1n) is 9.92. The molecule has 0 aliphatic carbocycles. The molecule has 5 nitrogen and oxygen atoms in total. The average molecular weight is 528 g/mol. The number of nitrogens with two attached hydrogens (primary N) is 1. The molecule has 1 unspecified atom stereocenters. The number of esters is 1. The van der Waals surface area contributed by atoms with Crippen LogP contribution in [0.2, 0.25) is 15.1 Å². The number of carbonyl (C=O) groups excluding carboxylic acids is 1. The van der Waals surface area contributed by atoms with Crippen LogP contribution < -0.4 is 15.2 Å². The van der Waals surface area contributed by atoms with Crippen LogP contribution in [0.4, 0.5) is 0 Å². The topological polar surface area (TPSA) is 85.3 Å². The van der Waals surface area contributed by atoms with E-state index in [9.17, 15) is 10.1 Å². The molecule has 0 saturated heterocycles. The highest BCUT2D eigenvalue weighted by Crippen LogP contribution is 2.44. The lowest BCUT2D eigenvalue weighted by molar-refractivity contribution is 0.0740. The first kappa shape index (κ1) is 22.6. The van der Waals surface area contributed by atoms with E-state index in [1.807, 2.05) is 6.07 Å². The Morgan fingerprint density at radius 3 is 2.62 bits per heavy atom. The van der Waals surface area contributed by atoms with Crippen molar-refractivity contribution >= 4 is 62.2 Å². The van der Waals surface area contributed by atoms with Crippen molar-refractivity contribution in [1.82, 2.24) is 0 Å². The molecule has 5 rings (SSSR count). The van der Waals surface area contributed by atoms with Gasteiger partial charge in [-0.15, -0.1) is 11.3 Å². The number of hydrogen-bond acceptors (Lipinski definition) is 6. The van der Waals surface area contributed by atoms with Gasteiger partial charge in [0.25, 0.3) is 0 Å². The van der Waals surface area contributed by atoms with Crippen LogP contribution in [0.1, 0.15) is 26.7 Å². The number of nitriles is 1. The smallest absolute Gasteiger partial charge is 0.355 e. The zero-order valence-corrected chi connectivity index (χ0v) is 20.2. The Kier molecular flexibility index (Phi) is 5.88. The van der Waals surface area contributed by atoms with Crippen LogP contribution >= 0.6 is 46.1 Å². The minimum atomic E-state index is -0.606. The minimum absolute atomic E-state index is 0.0205. The number of rotatable bonds is 3. The summed E-state index contributed by atoms with van der Waals surface area (Å²) in [6.07, 6.45) is 0. The average Bonchev–Trinajstić information content (AvgIpc) is 3.13. The lowest BCUT2D eigenvalue weighted by Crippen LogP contribution is -2.21. The molecular formula is C25H13Cl3N2O3S. The van der Waals surface area contributed by atoms with Gasteiger partial charge in [-0.05, 0) is 35.9 Å². The van der Waals surface area contributed by atoms with Gasteiger partial charge in [0.2, 0.25) is 5.88 Å². The quantitative estimate of drug-likeness (QED) is 0.223. The van der Waals surface area contributed by atoms with Crippen molar-refractivity contribution in [2.75, 3.05) is 0 Å². The van der Waals surface area contributed by atoms with E-state index >= 15 is 0 Å². The molecule has 2 N–H and O–H groups in total. The summed E-state index contributed by atoms with van der Waals surface area (Å²) in [5.74, 6) is -0.480. The van der Waals surface area contributed by atoms with Gasteiger partial charge < -0.3 is 15.2 Å². The SMILES string of the molecule is N#CC1=C(N)Oc2cc(OC(=O)c3sc4cc(Cl)ccc4c3Cl)ccc2C1c1cccc(Cl)c1. The van der Waals surface area contributed by atoms with E-state index in [1.165, 1.54) is 11.3 Å². The first-order valence-corrected chi connectivity index (χ1v) is 11.9. The van der Waals surface area contributed by atoms with Gasteiger partial charge in [-0.25, -0.2) is 4.79 Å². The molecule has 0 saturated carbocycles. The van der Waals surface area contributed by atoms with E-state index in [2.05, 4.69) is 6.07 Å². The third-order valence-electron chi connectivity index (χ3n) is 5.36. The van der Waals surface area contributed by atoms with Gasteiger partial charge in [-0.3, -0.25) is 0 Å². The lowest BCUT2D eigenvalue weighted by Gasteiger charge is -2.26. The molecule has 1 aliphatic rings. The molecule has 1 aromatic heterocycles. The molecular weight excluding hydrogens is 515 g/mol. The number of ether oxygens (including phenoxy) is 2. The van der Waals surface area contributed by atoms with Gasteiger partial charge in [0.05, 0.1) is 10.9 Å². The molecule has 3 aromatic carbocycles. The number of allylic oxidation sites excluding steroid dienone is 1. The Balaban J connectivity index is 1.49. The second-order valence-corrected chi connectivity index (χ2v) is 9.76. The Hall–Kier alpha value is -3.21. The maximum atomic E-state index is 12.9. The van der Waals surface area contributed by atoms with Crippen molar-refractivity contribution in [2.24, 2.45) is 5.73 Å². The van der Waals surface area contributed by atoms with E-state index in [4.69, 9.17) is 50.0 Å². The number of fused-ring (bicyclic) bond motifs is 2. The molecule has 4 aromatic rings. The highest BCUT2D eigenvalue weighted by Gasteiger charge is 2.31. The third kappa shape index (κ3) is 3.97. The molecule has 34 heavy (non-hydrogen) atoms. The van der Waals surface area contributed by atoms with E-state index in [0.29, 0.717) is 26.4 Å². The fourth-order valence-corrected chi connectivity index (χ4v) is 5.71. The number of benzene rings is 3. The van der Waals surface area contributed by atoms with Gasteiger partial charge in [-0.1, -0.05) is 59.1 Å². The van der Waals surface area contributed by atoms with Gasteiger partial charge in [0.1, 0.15) is 28.0 Å². The summed E-state index contributed by atoms with van der Waals surface area (Å²) < 4.78 is 12.1. The normalized spacial score (nSPS) is 14.9. The Labute approximate surface area is 213 Å². The Morgan fingerprint density at radius 1 is 1.06 bits per heavy atom. The summed E-state index contributed by atoms with van der Waals surface area (Å²) >= 11 is 19.8. The monoisotopic (exact) mass is 526 g/mol. The summed E-state index contributed by atoms with van der Waals surface area (Å²) in [5.41, 5.74) is 7.81. The van der Waals surface area contributed by atoms with Crippen molar-refractivity contribution in [3.8, 4) is 17.6 Å². The van der Waals surface area contributed by atoms with Crippen LogP contribution in [0.15, 0.2) is 72.1 Å².